The Hall–Kier alpha value is -1.88. The van der Waals surface area contributed by atoms with Crippen molar-refractivity contribution in [3.05, 3.63) is 35.9 Å². The van der Waals surface area contributed by atoms with Crippen molar-refractivity contribution in [1.29, 1.82) is 0 Å². The molecule has 0 saturated heterocycles. The highest BCUT2D eigenvalue weighted by Gasteiger charge is 2.31. The SMILES string of the molecule is O=C(O)CN(CC(=O)NCCc1ccccc1)C1CC1. The summed E-state index contributed by atoms with van der Waals surface area (Å²) in [5.41, 5.74) is 1.18. The number of benzene rings is 1. The van der Waals surface area contributed by atoms with Gasteiger partial charge in [0.1, 0.15) is 0 Å². The monoisotopic (exact) mass is 276 g/mol. The molecular formula is C15H20N2O3. The van der Waals surface area contributed by atoms with Crippen LogP contribution in [0.25, 0.3) is 0 Å². The zero-order valence-corrected chi connectivity index (χ0v) is 11.4. The molecule has 2 N–H and O–H groups in total. The van der Waals surface area contributed by atoms with Crippen LogP contribution in [0.5, 0.6) is 0 Å². The van der Waals surface area contributed by atoms with Crippen LogP contribution in [0, 0.1) is 0 Å². The second kappa shape index (κ2) is 7.05. The molecule has 0 aliphatic heterocycles. The summed E-state index contributed by atoms with van der Waals surface area (Å²) >= 11 is 0. The molecule has 1 aromatic carbocycles. The van der Waals surface area contributed by atoms with Crippen LogP contribution >= 0.6 is 0 Å². The van der Waals surface area contributed by atoms with Gasteiger partial charge in [-0.3, -0.25) is 14.5 Å². The van der Waals surface area contributed by atoms with Gasteiger partial charge in [0.05, 0.1) is 13.1 Å². The van der Waals surface area contributed by atoms with E-state index >= 15 is 0 Å². The highest BCUT2D eigenvalue weighted by atomic mass is 16.4. The number of hydrogen-bond acceptors (Lipinski definition) is 3. The largest absolute Gasteiger partial charge is 0.480 e. The number of nitrogens with zero attached hydrogens (tertiary/aromatic N) is 1. The van der Waals surface area contributed by atoms with Gasteiger partial charge in [0.2, 0.25) is 5.91 Å². The van der Waals surface area contributed by atoms with E-state index in [1.54, 1.807) is 4.90 Å². The Balaban J connectivity index is 1.70. The average molecular weight is 276 g/mol. The van der Waals surface area contributed by atoms with E-state index in [-0.39, 0.29) is 25.0 Å². The number of carbonyl (C=O) groups excluding carboxylic acids is 1. The van der Waals surface area contributed by atoms with Gasteiger partial charge in [-0.05, 0) is 24.8 Å². The van der Waals surface area contributed by atoms with Gasteiger partial charge in [0.15, 0.2) is 0 Å². The van der Waals surface area contributed by atoms with Gasteiger partial charge in [-0.1, -0.05) is 30.3 Å². The van der Waals surface area contributed by atoms with Crippen LogP contribution in [-0.4, -0.2) is 47.6 Å². The molecule has 20 heavy (non-hydrogen) atoms. The van der Waals surface area contributed by atoms with Gasteiger partial charge in [-0.15, -0.1) is 0 Å². The summed E-state index contributed by atoms with van der Waals surface area (Å²) in [6.07, 6.45) is 2.77. The number of carboxylic acids is 1. The molecule has 1 aromatic rings. The lowest BCUT2D eigenvalue weighted by atomic mass is 10.1. The quantitative estimate of drug-likeness (QED) is 0.740. The van der Waals surface area contributed by atoms with Crippen molar-refractivity contribution < 1.29 is 14.7 Å². The fraction of sp³-hybridized carbons (Fsp3) is 0.467. The molecule has 0 atom stereocenters. The van der Waals surface area contributed by atoms with E-state index in [0.29, 0.717) is 6.54 Å². The lowest BCUT2D eigenvalue weighted by Crippen LogP contribution is -2.41. The maximum absolute atomic E-state index is 11.8. The highest BCUT2D eigenvalue weighted by molar-refractivity contribution is 5.79. The second-order valence-electron chi connectivity index (χ2n) is 5.12. The van der Waals surface area contributed by atoms with Gasteiger partial charge < -0.3 is 10.4 Å². The summed E-state index contributed by atoms with van der Waals surface area (Å²) in [4.78, 5) is 24.3. The van der Waals surface area contributed by atoms with Gasteiger partial charge in [0, 0.05) is 12.6 Å². The zero-order valence-electron chi connectivity index (χ0n) is 11.4. The molecule has 108 valence electrons. The summed E-state index contributed by atoms with van der Waals surface area (Å²) in [5.74, 6) is -0.983. The molecule has 5 heteroatoms. The third kappa shape index (κ3) is 5.01. The van der Waals surface area contributed by atoms with Crippen molar-refractivity contribution in [1.82, 2.24) is 10.2 Å². The molecule has 0 bridgehead atoms. The van der Waals surface area contributed by atoms with Crippen LogP contribution in [0.4, 0.5) is 0 Å². The minimum atomic E-state index is -0.881. The van der Waals surface area contributed by atoms with Crippen LogP contribution in [-0.2, 0) is 16.0 Å². The number of rotatable bonds is 8. The van der Waals surface area contributed by atoms with E-state index < -0.39 is 5.97 Å². The fourth-order valence-electron chi connectivity index (χ4n) is 2.16. The first-order valence-electron chi connectivity index (χ1n) is 6.91. The first-order chi connectivity index (χ1) is 9.65. The molecule has 1 aliphatic carbocycles. The van der Waals surface area contributed by atoms with Crippen LogP contribution < -0.4 is 5.32 Å². The van der Waals surface area contributed by atoms with E-state index in [9.17, 15) is 9.59 Å². The number of hydrogen-bond donors (Lipinski definition) is 2. The second-order valence-corrected chi connectivity index (χ2v) is 5.12. The zero-order chi connectivity index (χ0) is 14.4. The maximum atomic E-state index is 11.8. The lowest BCUT2D eigenvalue weighted by Gasteiger charge is -2.18. The fourth-order valence-corrected chi connectivity index (χ4v) is 2.16. The molecule has 2 rings (SSSR count). The van der Waals surface area contributed by atoms with E-state index in [4.69, 9.17) is 5.11 Å². The third-order valence-electron chi connectivity index (χ3n) is 3.33. The topological polar surface area (TPSA) is 69.6 Å². The Bertz CT molecular complexity index is 457. The molecule has 0 spiro atoms. The minimum absolute atomic E-state index is 0.0588. The van der Waals surface area contributed by atoms with Crippen molar-refractivity contribution in [2.75, 3.05) is 19.6 Å². The number of aliphatic carboxylic acids is 1. The van der Waals surface area contributed by atoms with Crippen molar-refractivity contribution in [2.45, 2.75) is 25.3 Å². The Morgan fingerprint density at radius 1 is 1.20 bits per heavy atom. The number of carboxylic acid groups (broad SMARTS) is 1. The maximum Gasteiger partial charge on any atom is 0.317 e. The van der Waals surface area contributed by atoms with Gasteiger partial charge >= 0.3 is 5.97 Å². The first kappa shape index (κ1) is 14.5. The smallest absolute Gasteiger partial charge is 0.317 e. The number of amides is 1. The van der Waals surface area contributed by atoms with Gasteiger partial charge in [-0.2, -0.15) is 0 Å². The Labute approximate surface area is 118 Å². The molecule has 1 aliphatic rings. The molecule has 0 radical (unpaired) electrons. The van der Waals surface area contributed by atoms with E-state index in [1.807, 2.05) is 30.3 Å². The van der Waals surface area contributed by atoms with Crippen molar-refractivity contribution in [3.63, 3.8) is 0 Å². The van der Waals surface area contributed by atoms with Crippen molar-refractivity contribution >= 4 is 11.9 Å². The molecule has 1 fully saturated rings. The Morgan fingerprint density at radius 3 is 2.50 bits per heavy atom. The molecule has 0 unspecified atom stereocenters. The molecule has 0 aromatic heterocycles. The van der Waals surface area contributed by atoms with E-state index in [2.05, 4.69) is 5.32 Å². The van der Waals surface area contributed by atoms with Gasteiger partial charge in [0.25, 0.3) is 0 Å². The molecular weight excluding hydrogens is 256 g/mol. The average Bonchev–Trinajstić information content (AvgIpc) is 3.23. The van der Waals surface area contributed by atoms with Crippen molar-refractivity contribution in [2.24, 2.45) is 0 Å². The summed E-state index contributed by atoms with van der Waals surface area (Å²) in [5, 5.41) is 11.7. The third-order valence-corrected chi connectivity index (χ3v) is 3.33. The summed E-state index contributed by atoms with van der Waals surface area (Å²) in [7, 11) is 0. The minimum Gasteiger partial charge on any atom is -0.480 e. The lowest BCUT2D eigenvalue weighted by molar-refractivity contribution is -0.138. The van der Waals surface area contributed by atoms with Crippen molar-refractivity contribution in [3.8, 4) is 0 Å². The standard InChI is InChI=1S/C15H20N2O3/c18-14(10-17(11-15(19)20)13-6-7-13)16-9-8-12-4-2-1-3-5-12/h1-5,13H,6-11H2,(H,16,18)(H,19,20). The van der Waals surface area contributed by atoms with E-state index in [1.165, 1.54) is 5.56 Å². The van der Waals surface area contributed by atoms with Crippen LogP contribution in [0.3, 0.4) is 0 Å². The predicted molar refractivity (Wildman–Crippen MR) is 75.4 cm³/mol. The highest BCUT2D eigenvalue weighted by Crippen LogP contribution is 2.26. The summed E-state index contributed by atoms with van der Waals surface area (Å²) < 4.78 is 0. The van der Waals surface area contributed by atoms with Gasteiger partial charge in [-0.25, -0.2) is 0 Å². The van der Waals surface area contributed by atoms with E-state index in [0.717, 1.165) is 19.3 Å². The van der Waals surface area contributed by atoms with Crippen LogP contribution in [0.15, 0.2) is 30.3 Å². The summed E-state index contributed by atoms with van der Waals surface area (Å²) in [6, 6.07) is 10.2. The van der Waals surface area contributed by atoms with Crippen LogP contribution in [0.2, 0.25) is 0 Å². The molecule has 5 nitrogen and oxygen atoms in total. The molecule has 1 saturated carbocycles. The number of carbonyl (C=O) groups is 2. The normalized spacial score (nSPS) is 14.2. The summed E-state index contributed by atoms with van der Waals surface area (Å²) in [6.45, 7) is 0.691. The Morgan fingerprint density at radius 2 is 1.90 bits per heavy atom. The van der Waals surface area contributed by atoms with Crippen LogP contribution in [0.1, 0.15) is 18.4 Å². The molecule has 1 amide bonds. The Kier molecular flexibility index (Phi) is 5.12. The predicted octanol–water partition coefficient (Wildman–Crippen LogP) is 0.894. The number of nitrogens with one attached hydrogen (secondary N) is 1. The molecule has 0 heterocycles. The first-order valence-corrected chi connectivity index (χ1v) is 6.91.